The Balaban J connectivity index is 1.31. The fourth-order valence-electron chi connectivity index (χ4n) is 4.53. The molecule has 1 fully saturated rings. The number of anilines is 1. The molecule has 1 aliphatic rings. The number of halogens is 2. The Morgan fingerprint density at radius 2 is 1.64 bits per heavy atom. The molecule has 1 N–H and O–H groups in total. The van der Waals surface area contributed by atoms with Gasteiger partial charge in [-0.2, -0.15) is 0 Å². The van der Waals surface area contributed by atoms with Crippen LogP contribution in [0.15, 0.2) is 66.7 Å². The summed E-state index contributed by atoms with van der Waals surface area (Å²) < 4.78 is 5.90. The number of aryl methyl sites for hydroxylation is 2. The first-order valence-electron chi connectivity index (χ1n) is 12.3. The van der Waals surface area contributed by atoms with Crippen molar-refractivity contribution in [3.8, 4) is 5.75 Å². The van der Waals surface area contributed by atoms with Crippen molar-refractivity contribution in [2.45, 2.75) is 25.9 Å². The second-order valence-electron chi connectivity index (χ2n) is 9.21. The van der Waals surface area contributed by atoms with Gasteiger partial charge in [-0.15, -0.1) is 0 Å². The van der Waals surface area contributed by atoms with Crippen molar-refractivity contribution in [3.63, 3.8) is 0 Å². The molecule has 4 rings (SSSR count). The number of para-hydroxylation sites is 1. The summed E-state index contributed by atoms with van der Waals surface area (Å²) in [6.07, 6.45) is 0.249. The molecule has 0 aliphatic carbocycles. The average molecular weight is 527 g/mol. The molecule has 7 heteroatoms. The van der Waals surface area contributed by atoms with Crippen molar-refractivity contribution in [3.05, 3.63) is 93.5 Å². The molecule has 5 nitrogen and oxygen atoms in total. The zero-order chi connectivity index (χ0) is 25.5. The van der Waals surface area contributed by atoms with Crippen LogP contribution >= 0.6 is 23.2 Å². The molecule has 36 heavy (non-hydrogen) atoms. The van der Waals surface area contributed by atoms with E-state index in [4.69, 9.17) is 27.9 Å². The number of carbonyl (C=O) groups is 1. The van der Waals surface area contributed by atoms with E-state index in [0.717, 1.165) is 31.7 Å². The molecule has 3 aromatic rings. The van der Waals surface area contributed by atoms with Crippen LogP contribution in [-0.4, -0.2) is 61.2 Å². The molecular formula is C29H32Cl2N2O3. The largest absolute Gasteiger partial charge is 0.490 e. The first-order valence-corrected chi connectivity index (χ1v) is 13.1. The quantitative estimate of drug-likeness (QED) is 0.344. The Bertz CT molecular complexity index is 1160. The number of ether oxygens (including phenoxy) is 1. The molecule has 0 amide bonds. The summed E-state index contributed by atoms with van der Waals surface area (Å²) in [6.45, 7) is 6.24. The maximum atomic E-state index is 13.0. The zero-order valence-electron chi connectivity index (χ0n) is 20.5. The van der Waals surface area contributed by atoms with Gasteiger partial charge in [0.15, 0.2) is 5.78 Å². The number of carbonyl (C=O) groups excluding carboxylic acids is 1. The maximum Gasteiger partial charge on any atom is 0.166 e. The number of aliphatic hydroxyl groups excluding tert-OH is 1. The lowest BCUT2D eigenvalue weighted by molar-refractivity contribution is 0.0655. The number of piperazine rings is 1. The summed E-state index contributed by atoms with van der Waals surface area (Å²) in [7, 11) is 0. The highest BCUT2D eigenvalue weighted by atomic mass is 35.5. The predicted octanol–water partition coefficient (Wildman–Crippen LogP) is 5.68. The molecular weight excluding hydrogens is 495 g/mol. The SMILES string of the molecule is Cc1ccccc1N1CCN(C[C@@H](O)COc2cc(Cl)c(Cl)cc2C(=O)CCc2ccccc2)CC1. The van der Waals surface area contributed by atoms with Crippen molar-refractivity contribution in [1.82, 2.24) is 4.90 Å². The molecule has 0 radical (unpaired) electrons. The highest BCUT2D eigenvalue weighted by molar-refractivity contribution is 6.42. The van der Waals surface area contributed by atoms with E-state index in [2.05, 4.69) is 41.0 Å². The van der Waals surface area contributed by atoms with Gasteiger partial charge in [0.25, 0.3) is 0 Å². The van der Waals surface area contributed by atoms with Gasteiger partial charge in [0.2, 0.25) is 0 Å². The summed E-state index contributed by atoms with van der Waals surface area (Å²) in [5, 5.41) is 11.3. The van der Waals surface area contributed by atoms with Crippen molar-refractivity contribution in [1.29, 1.82) is 0 Å². The van der Waals surface area contributed by atoms with Crippen LogP contribution in [0.5, 0.6) is 5.75 Å². The van der Waals surface area contributed by atoms with E-state index in [0.29, 0.717) is 40.7 Å². The van der Waals surface area contributed by atoms with Crippen LogP contribution in [0, 0.1) is 6.92 Å². The standard InChI is InChI=1S/C29H32Cl2N2O3/c1-21-7-5-6-10-27(21)33-15-13-32(14-16-33)19-23(34)20-36-29-18-26(31)25(30)17-24(29)28(35)12-11-22-8-3-2-4-9-22/h2-10,17-18,23,34H,11-16,19-20H2,1H3/t23-/m1/s1. The van der Waals surface area contributed by atoms with E-state index in [9.17, 15) is 9.90 Å². The second kappa shape index (κ2) is 12.6. The summed E-state index contributed by atoms with van der Waals surface area (Å²) >= 11 is 12.4. The van der Waals surface area contributed by atoms with Crippen LogP contribution in [0.3, 0.4) is 0 Å². The number of hydrogen-bond donors (Lipinski definition) is 1. The number of nitrogens with zero attached hydrogens (tertiary/aromatic N) is 2. The van der Waals surface area contributed by atoms with Crippen LogP contribution in [0.25, 0.3) is 0 Å². The molecule has 190 valence electrons. The van der Waals surface area contributed by atoms with E-state index in [-0.39, 0.29) is 12.4 Å². The van der Waals surface area contributed by atoms with Crippen molar-refractivity contribution < 1.29 is 14.6 Å². The number of β-amino-alcohol motifs (C(OH)–C–C–N with tert-alkyl or cyclic N) is 1. The number of rotatable bonds is 10. The fourth-order valence-corrected chi connectivity index (χ4v) is 4.85. The van der Waals surface area contributed by atoms with E-state index in [1.54, 1.807) is 12.1 Å². The van der Waals surface area contributed by atoms with Gasteiger partial charge in [0, 0.05) is 50.9 Å². The highest BCUT2D eigenvalue weighted by Gasteiger charge is 2.22. The van der Waals surface area contributed by atoms with Crippen molar-refractivity contribution in [2.75, 3.05) is 44.2 Å². The normalized spacial score (nSPS) is 15.1. The average Bonchev–Trinajstić information content (AvgIpc) is 2.89. The van der Waals surface area contributed by atoms with Crippen LogP contribution < -0.4 is 9.64 Å². The molecule has 1 heterocycles. The monoisotopic (exact) mass is 526 g/mol. The molecule has 0 saturated carbocycles. The second-order valence-corrected chi connectivity index (χ2v) is 10.0. The van der Waals surface area contributed by atoms with Gasteiger partial charge in [-0.05, 0) is 36.6 Å². The van der Waals surface area contributed by atoms with Crippen LogP contribution in [0.1, 0.15) is 27.9 Å². The Morgan fingerprint density at radius 1 is 0.972 bits per heavy atom. The van der Waals surface area contributed by atoms with E-state index in [1.807, 2.05) is 30.3 Å². The Labute approximate surface area is 223 Å². The minimum atomic E-state index is -0.697. The Morgan fingerprint density at radius 3 is 2.36 bits per heavy atom. The van der Waals surface area contributed by atoms with Gasteiger partial charge in [-0.3, -0.25) is 9.69 Å². The van der Waals surface area contributed by atoms with Gasteiger partial charge in [-0.25, -0.2) is 0 Å². The highest BCUT2D eigenvalue weighted by Crippen LogP contribution is 2.32. The van der Waals surface area contributed by atoms with Gasteiger partial charge in [-0.1, -0.05) is 71.7 Å². The minimum absolute atomic E-state index is 0.0644. The third kappa shape index (κ3) is 7.01. The molecule has 0 aromatic heterocycles. The lowest BCUT2D eigenvalue weighted by Gasteiger charge is -2.37. The first kappa shape index (κ1) is 26.5. The molecule has 0 spiro atoms. The molecule has 3 aromatic carbocycles. The van der Waals surface area contributed by atoms with Crippen LogP contribution in [0.4, 0.5) is 5.69 Å². The van der Waals surface area contributed by atoms with E-state index in [1.165, 1.54) is 11.3 Å². The van der Waals surface area contributed by atoms with Crippen LogP contribution in [-0.2, 0) is 6.42 Å². The zero-order valence-corrected chi connectivity index (χ0v) is 22.0. The summed E-state index contributed by atoms with van der Waals surface area (Å²) in [4.78, 5) is 17.6. The lowest BCUT2D eigenvalue weighted by Crippen LogP contribution is -2.49. The summed E-state index contributed by atoms with van der Waals surface area (Å²) in [5.74, 6) is 0.278. The molecule has 0 bridgehead atoms. The lowest BCUT2D eigenvalue weighted by atomic mass is 10.0. The molecule has 1 atom stereocenters. The minimum Gasteiger partial charge on any atom is -0.490 e. The van der Waals surface area contributed by atoms with Gasteiger partial charge < -0.3 is 14.7 Å². The van der Waals surface area contributed by atoms with Gasteiger partial charge >= 0.3 is 0 Å². The van der Waals surface area contributed by atoms with Crippen molar-refractivity contribution >= 4 is 34.7 Å². The molecule has 0 unspecified atom stereocenters. The smallest absolute Gasteiger partial charge is 0.166 e. The number of aliphatic hydroxyl groups is 1. The van der Waals surface area contributed by atoms with Gasteiger partial charge in [0.05, 0.1) is 15.6 Å². The fraction of sp³-hybridized carbons (Fsp3) is 0.345. The topological polar surface area (TPSA) is 53.0 Å². The third-order valence-electron chi connectivity index (χ3n) is 6.54. The molecule has 1 aliphatic heterocycles. The van der Waals surface area contributed by atoms with E-state index >= 15 is 0 Å². The summed E-state index contributed by atoms with van der Waals surface area (Å²) in [5.41, 5.74) is 4.02. The van der Waals surface area contributed by atoms with Crippen LogP contribution in [0.2, 0.25) is 10.0 Å². The van der Waals surface area contributed by atoms with Gasteiger partial charge in [0.1, 0.15) is 18.5 Å². The number of benzene rings is 3. The number of ketones is 1. The first-order chi connectivity index (χ1) is 17.4. The maximum absolute atomic E-state index is 13.0. The predicted molar refractivity (Wildman–Crippen MR) is 147 cm³/mol. The number of Topliss-reactive ketones (excluding diaryl/α,β-unsaturated/α-hetero) is 1. The van der Waals surface area contributed by atoms with Crippen molar-refractivity contribution in [2.24, 2.45) is 0 Å². The Kier molecular flexibility index (Phi) is 9.27. The Hall–Kier alpha value is -2.57. The number of hydrogen-bond acceptors (Lipinski definition) is 5. The molecule has 1 saturated heterocycles. The third-order valence-corrected chi connectivity index (χ3v) is 7.26. The van der Waals surface area contributed by atoms with E-state index < -0.39 is 6.10 Å². The summed E-state index contributed by atoms with van der Waals surface area (Å²) in [6, 6.07) is 21.4.